The van der Waals surface area contributed by atoms with Crippen LogP contribution >= 0.6 is 0 Å². The maximum absolute atomic E-state index is 12.7. The third kappa shape index (κ3) is 3.67. The molecule has 1 amide bonds. The molecule has 0 unspecified atom stereocenters. The first-order valence-electron chi connectivity index (χ1n) is 8.35. The third-order valence-corrected chi connectivity index (χ3v) is 6.07. The average Bonchev–Trinajstić information content (AvgIpc) is 2.62. The number of hydrogen-bond acceptors (Lipinski definition) is 4. The van der Waals surface area contributed by atoms with E-state index in [1.807, 2.05) is 19.9 Å². The number of sulfonamides is 1. The Labute approximate surface area is 153 Å². The number of nitrogens with one attached hydrogen (secondary N) is 1. The molecule has 6 nitrogen and oxygen atoms in total. The summed E-state index contributed by atoms with van der Waals surface area (Å²) in [4.78, 5) is 13.6. The van der Waals surface area contributed by atoms with E-state index in [0.29, 0.717) is 25.2 Å². The highest BCUT2D eigenvalue weighted by atomic mass is 32.2. The van der Waals surface area contributed by atoms with Gasteiger partial charge in [-0.3, -0.25) is 4.72 Å². The Morgan fingerprint density at radius 1 is 1.08 bits per heavy atom. The van der Waals surface area contributed by atoms with Crippen molar-refractivity contribution in [1.29, 1.82) is 0 Å². The molecule has 3 rings (SSSR count). The summed E-state index contributed by atoms with van der Waals surface area (Å²) >= 11 is 0. The normalized spacial score (nSPS) is 13.9. The summed E-state index contributed by atoms with van der Waals surface area (Å²) in [6, 6.07) is 10.5. The first-order chi connectivity index (χ1) is 12.3. The number of rotatable bonds is 3. The minimum absolute atomic E-state index is 0.231. The summed E-state index contributed by atoms with van der Waals surface area (Å²) in [6.07, 6.45) is 0.339. The van der Waals surface area contributed by atoms with Crippen molar-refractivity contribution in [2.75, 3.05) is 18.4 Å². The van der Waals surface area contributed by atoms with Gasteiger partial charge in [-0.1, -0.05) is 12.1 Å². The van der Waals surface area contributed by atoms with Gasteiger partial charge in [-0.2, -0.15) is 0 Å². The quantitative estimate of drug-likeness (QED) is 0.895. The van der Waals surface area contributed by atoms with Crippen LogP contribution in [0.25, 0.3) is 0 Å². The van der Waals surface area contributed by atoms with Gasteiger partial charge < -0.3 is 9.64 Å². The van der Waals surface area contributed by atoms with Crippen molar-refractivity contribution in [2.24, 2.45) is 0 Å². The summed E-state index contributed by atoms with van der Waals surface area (Å²) < 4.78 is 32.7. The van der Waals surface area contributed by atoms with Gasteiger partial charge in [0.25, 0.3) is 10.0 Å². The average molecular weight is 374 g/mol. The van der Waals surface area contributed by atoms with E-state index in [-0.39, 0.29) is 11.0 Å². The lowest BCUT2D eigenvalue weighted by atomic mass is 9.99. The predicted molar refractivity (Wildman–Crippen MR) is 99.7 cm³/mol. The molecule has 0 saturated heterocycles. The maximum atomic E-state index is 12.7. The van der Waals surface area contributed by atoms with Gasteiger partial charge in [0.05, 0.1) is 12.0 Å². The largest absolute Gasteiger partial charge is 0.453 e. The molecule has 2 aromatic carbocycles. The van der Waals surface area contributed by atoms with Crippen molar-refractivity contribution in [3.8, 4) is 0 Å². The fourth-order valence-electron chi connectivity index (χ4n) is 3.00. The monoisotopic (exact) mass is 374 g/mol. The van der Waals surface area contributed by atoms with E-state index in [4.69, 9.17) is 4.74 Å². The van der Waals surface area contributed by atoms with E-state index in [9.17, 15) is 13.2 Å². The van der Waals surface area contributed by atoms with E-state index >= 15 is 0 Å². The molecule has 138 valence electrons. The number of methoxy groups -OCH3 is 1. The lowest BCUT2D eigenvalue weighted by molar-refractivity contribution is 0.118. The summed E-state index contributed by atoms with van der Waals surface area (Å²) in [5, 5.41) is 0. The summed E-state index contributed by atoms with van der Waals surface area (Å²) in [5.74, 6) is 0. The second kappa shape index (κ2) is 6.99. The molecule has 0 aromatic heterocycles. The second-order valence-corrected chi connectivity index (χ2v) is 8.16. The van der Waals surface area contributed by atoms with Gasteiger partial charge in [0.1, 0.15) is 0 Å². The van der Waals surface area contributed by atoms with Crippen LogP contribution in [0.4, 0.5) is 10.5 Å². The maximum Gasteiger partial charge on any atom is 0.409 e. The molecular weight excluding hydrogens is 352 g/mol. The number of carbonyl (C=O) groups excluding carboxylic acids is 1. The van der Waals surface area contributed by atoms with Crippen molar-refractivity contribution in [3.05, 3.63) is 58.7 Å². The van der Waals surface area contributed by atoms with Crippen molar-refractivity contribution in [1.82, 2.24) is 4.90 Å². The standard InChI is InChI=1S/C19H22N2O4S/c1-13-4-7-18(10-14(13)2)26(23,24)20-17-6-5-15-8-9-21(19(22)25-3)12-16(15)11-17/h4-7,10-11,20H,8-9,12H2,1-3H3. The van der Waals surface area contributed by atoms with Gasteiger partial charge in [0.15, 0.2) is 0 Å². The number of fused-ring (bicyclic) bond motifs is 1. The molecule has 1 heterocycles. The van der Waals surface area contributed by atoms with Crippen LogP contribution in [0, 0.1) is 13.8 Å². The molecule has 0 bridgehead atoms. The highest BCUT2D eigenvalue weighted by molar-refractivity contribution is 7.92. The van der Waals surface area contributed by atoms with Crippen LogP contribution in [0.2, 0.25) is 0 Å². The summed E-state index contributed by atoms with van der Waals surface area (Å²) in [5.41, 5.74) is 4.47. The highest BCUT2D eigenvalue weighted by Gasteiger charge is 2.22. The van der Waals surface area contributed by atoms with E-state index in [2.05, 4.69) is 4.72 Å². The molecular formula is C19H22N2O4S. The number of carbonyl (C=O) groups is 1. The van der Waals surface area contributed by atoms with E-state index in [1.165, 1.54) is 7.11 Å². The third-order valence-electron chi connectivity index (χ3n) is 4.69. The van der Waals surface area contributed by atoms with Gasteiger partial charge in [0, 0.05) is 18.8 Å². The molecule has 2 aromatic rings. The fourth-order valence-corrected chi connectivity index (χ4v) is 4.13. The van der Waals surface area contributed by atoms with Gasteiger partial charge in [0.2, 0.25) is 0 Å². The number of nitrogens with zero attached hydrogens (tertiary/aromatic N) is 1. The molecule has 1 aliphatic heterocycles. The van der Waals surface area contributed by atoms with Crippen molar-refractivity contribution < 1.29 is 17.9 Å². The molecule has 0 atom stereocenters. The molecule has 0 aliphatic carbocycles. The Morgan fingerprint density at radius 2 is 1.85 bits per heavy atom. The zero-order valence-electron chi connectivity index (χ0n) is 15.1. The Kier molecular flexibility index (Phi) is 4.91. The minimum Gasteiger partial charge on any atom is -0.453 e. The number of benzene rings is 2. The highest BCUT2D eigenvalue weighted by Crippen LogP contribution is 2.25. The number of hydrogen-bond donors (Lipinski definition) is 1. The van der Waals surface area contributed by atoms with Crippen molar-refractivity contribution in [2.45, 2.75) is 31.7 Å². The van der Waals surface area contributed by atoms with Crippen LogP contribution in [0.3, 0.4) is 0 Å². The van der Waals surface area contributed by atoms with Crippen LogP contribution < -0.4 is 4.72 Å². The molecule has 1 N–H and O–H groups in total. The van der Waals surface area contributed by atoms with Crippen LogP contribution in [0.5, 0.6) is 0 Å². The second-order valence-electron chi connectivity index (χ2n) is 6.48. The first-order valence-corrected chi connectivity index (χ1v) is 9.83. The van der Waals surface area contributed by atoms with E-state index in [0.717, 1.165) is 22.3 Å². The molecule has 1 aliphatic rings. The molecule has 0 radical (unpaired) electrons. The molecule has 26 heavy (non-hydrogen) atoms. The zero-order valence-corrected chi connectivity index (χ0v) is 15.9. The Bertz CT molecular complexity index is 954. The topological polar surface area (TPSA) is 75.7 Å². The van der Waals surface area contributed by atoms with Crippen LogP contribution in [-0.2, 0) is 27.7 Å². The number of amides is 1. The Balaban J connectivity index is 1.84. The van der Waals surface area contributed by atoms with Crippen LogP contribution in [-0.4, -0.2) is 33.1 Å². The lowest BCUT2D eigenvalue weighted by Crippen LogP contribution is -2.35. The molecule has 0 spiro atoms. The van der Waals surface area contributed by atoms with Crippen molar-refractivity contribution >= 4 is 21.8 Å². The van der Waals surface area contributed by atoms with Crippen LogP contribution in [0.1, 0.15) is 22.3 Å². The molecule has 7 heteroatoms. The lowest BCUT2D eigenvalue weighted by Gasteiger charge is -2.28. The van der Waals surface area contributed by atoms with E-state index < -0.39 is 10.0 Å². The van der Waals surface area contributed by atoms with Gasteiger partial charge >= 0.3 is 6.09 Å². The minimum atomic E-state index is -3.67. The number of anilines is 1. The fraction of sp³-hybridized carbons (Fsp3) is 0.316. The predicted octanol–water partition coefficient (Wildman–Crippen LogP) is 3.23. The zero-order chi connectivity index (χ0) is 18.9. The SMILES string of the molecule is COC(=O)N1CCc2ccc(NS(=O)(=O)c3ccc(C)c(C)c3)cc2C1. The van der Waals surface area contributed by atoms with E-state index in [1.54, 1.807) is 35.2 Å². The number of aryl methyl sites for hydroxylation is 2. The first kappa shape index (κ1) is 18.3. The van der Waals surface area contributed by atoms with Gasteiger partial charge in [-0.15, -0.1) is 0 Å². The van der Waals surface area contributed by atoms with Gasteiger partial charge in [-0.25, -0.2) is 13.2 Å². The van der Waals surface area contributed by atoms with Gasteiger partial charge in [-0.05, 0) is 66.8 Å². The smallest absolute Gasteiger partial charge is 0.409 e. The summed E-state index contributed by atoms with van der Waals surface area (Å²) in [7, 11) is -2.32. The Morgan fingerprint density at radius 3 is 2.54 bits per heavy atom. The summed E-state index contributed by atoms with van der Waals surface area (Å²) in [6.45, 7) is 4.82. The van der Waals surface area contributed by atoms with Crippen molar-refractivity contribution in [3.63, 3.8) is 0 Å². The molecule has 0 saturated carbocycles. The number of ether oxygens (including phenoxy) is 1. The Hall–Kier alpha value is -2.54. The van der Waals surface area contributed by atoms with Crippen LogP contribution in [0.15, 0.2) is 41.3 Å². The molecule has 0 fully saturated rings.